The number of benzene rings is 1. The molecule has 0 aliphatic rings. The highest BCUT2D eigenvalue weighted by molar-refractivity contribution is 6.30. The molecule has 1 aromatic carbocycles. The van der Waals surface area contributed by atoms with Gasteiger partial charge in [0.25, 0.3) is 5.91 Å². The van der Waals surface area contributed by atoms with Gasteiger partial charge < -0.3 is 10.6 Å². The van der Waals surface area contributed by atoms with Gasteiger partial charge in [-0.25, -0.2) is 0 Å². The first-order valence-corrected chi connectivity index (χ1v) is 5.91. The molecule has 6 heteroatoms. The molecule has 17 heavy (non-hydrogen) atoms. The van der Waals surface area contributed by atoms with Gasteiger partial charge >= 0.3 is 0 Å². The maximum Gasteiger partial charge on any atom is 0.251 e. The van der Waals surface area contributed by atoms with E-state index in [2.05, 4.69) is 10.6 Å². The van der Waals surface area contributed by atoms with Crippen LogP contribution in [0.3, 0.4) is 0 Å². The van der Waals surface area contributed by atoms with E-state index in [0.29, 0.717) is 23.7 Å². The number of carbonyl (C=O) groups is 2. The number of halogens is 2. The van der Waals surface area contributed by atoms with E-state index in [9.17, 15) is 9.59 Å². The van der Waals surface area contributed by atoms with Gasteiger partial charge in [-0.2, -0.15) is 0 Å². The van der Waals surface area contributed by atoms with Gasteiger partial charge in [0.05, 0.1) is 0 Å². The van der Waals surface area contributed by atoms with Crippen LogP contribution < -0.4 is 10.6 Å². The highest BCUT2D eigenvalue weighted by Gasteiger charge is 2.04. The van der Waals surface area contributed by atoms with Gasteiger partial charge in [0.1, 0.15) is 5.88 Å². The average Bonchev–Trinajstić information content (AvgIpc) is 2.34. The maximum absolute atomic E-state index is 11.6. The SMILES string of the molecule is O=C(CCl)NCCNC(=O)c1ccc(Cl)cc1. The Kier molecular flexibility index (Phi) is 5.80. The summed E-state index contributed by atoms with van der Waals surface area (Å²) >= 11 is 11.0. The summed E-state index contributed by atoms with van der Waals surface area (Å²) in [6.45, 7) is 0.703. The number of hydrogen-bond acceptors (Lipinski definition) is 2. The molecule has 0 saturated carbocycles. The number of alkyl halides is 1. The smallest absolute Gasteiger partial charge is 0.251 e. The normalized spacial score (nSPS) is 9.76. The summed E-state index contributed by atoms with van der Waals surface area (Å²) in [5, 5.41) is 5.78. The Labute approximate surface area is 109 Å². The molecule has 0 atom stereocenters. The second-order valence-corrected chi connectivity index (χ2v) is 3.95. The number of rotatable bonds is 5. The molecule has 1 aromatic rings. The van der Waals surface area contributed by atoms with Crippen LogP contribution in [0.25, 0.3) is 0 Å². The lowest BCUT2D eigenvalue weighted by molar-refractivity contribution is -0.118. The molecule has 0 heterocycles. The third kappa shape index (κ3) is 5.06. The molecule has 0 saturated heterocycles. The first kappa shape index (κ1) is 13.8. The van der Waals surface area contributed by atoms with Crippen molar-refractivity contribution in [1.29, 1.82) is 0 Å². The lowest BCUT2D eigenvalue weighted by Crippen LogP contribution is -2.35. The monoisotopic (exact) mass is 274 g/mol. The summed E-state index contributed by atoms with van der Waals surface area (Å²) in [6.07, 6.45) is 0. The number of carbonyl (C=O) groups excluding carboxylic acids is 2. The van der Waals surface area contributed by atoms with Crippen molar-refractivity contribution in [1.82, 2.24) is 10.6 Å². The third-order valence-corrected chi connectivity index (χ3v) is 2.46. The van der Waals surface area contributed by atoms with Crippen molar-refractivity contribution >= 4 is 35.0 Å². The average molecular weight is 275 g/mol. The highest BCUT2D eigenvalue weighted by Crippen LogP contribution is 2.08. The lowest BCUT2D eigenvalue weighted by atomic mass is 10.2. The first-order valence-electron chi connectivity index (χ1n) is 5.00. The van der Waals surface area contributed by atoms with Crippen molar-refractivity contribution in [2.75, 3.05) is 19.0 Å². The molecule has 0 aliphatic heterocycles. The summed E-state index contributed by atoms with van der Waals surface area (Å²) in [4.78, 5) is 22.4. The highest BCUT2D eigenvalue weighted by atomic mass is 35.5. The lowest BCUT2D eigenvalue weighted by Gasteiger charge is -2.06. The van der Waals surface area contributed by atoms with Crippen LogP contribution in [0.4, 0.5) is 0 Å². The standard InChI is InChI=1S/C11H12Cl2N2O2/c12-7-10(16)14-5-6-15-11(17)8-1-3-9(13)4-2-8/h1-4H,5-7H2,(H,14,16)(H,15,17). The molecule has 0 bridgehead atoms. The molecule has 0 radical (unpaired) electrons. The fourth-order valence-corrected chi connectivity index (χ4v) is 1.35. The molecule has 0 spiro atoms. The van der Waals surface area contributed by atoms with Crippen molar-refractivity contribution in [2.45, 2.75) is 0 Å². The molecule has 92 valence electrons. The second-order valence-electron chi connectivity index (χ2n) is 3.25. The van der Waals surface area contributed by atoms with Crippen LogP contribution in [0, 0.1) is 0 Å². The summed E-state index contributed by atoms with van der Waals surface area (Å²) < 4.78 is 0. The van der Waals surface area contributed by atoms with Gasteiger partial charge in [-0.1, -0.05) is 11.6 Å². The van der Waals surface area contributed by atoms with Crippen LogP contribution in [-0.4, -0.2) is 30.8 Å². The van der Waals surface area contributed by atoms with Crippen LogP contribution in [0.2, 0.25) is 5.02 Å². The summed E-state index contributed by atoms with van der Waals surface area (Å²) in [7, 11) is 0. The van der Waals surface area contributed by atoms with Crippen molar-refractivity contribution in [3.63, 3.8) is 0 Å². The van der Waals surface area contributed by atoms with Crippen LogP contribution in [0.5, 0.6) is 0 Å². The number of amides is 2. The molecule has 0 unspecified atom stereocenters. The van der Waals surface area contributed by atoms with Crippen molar-refractivity contribution in [2.24, 2.45) is 0 Å². The molecule has 4 nitrogen and oxygen atoms in total. The zero-order chi connectivity index (χ0) is 12.7. The largest absolute Gasteiger partial charge is 0.353 e. The topological polar surface area (TPSA) is 58.2 Å². The molecule has 0 aromatic heterocycles. The van der Waals surface area contributed by atoms with Crippen LogP contribution >= 0.6 is 23.2 Å². The second kappa shape index (κ2) is 7.14. The summed E-state index contributed by atoms with van der Waals surface area (Å²) in [6, 6.07) is 6.56. The molecule has 2 N–H and O–H groups in total. The van der Waals surface area contributed by atoms with E-state index in [0.717, 1.165) is 0 Å². The zero-order valence-corrected chi connectivity index (χ0v) is 10.5. The Morgan fingerprint density at radius 3 is 2.24 bits per heavy atom. The van der Waals surface area contributed by atoms with Gasteiger partial charge in [0.2, 0.25) is 5.91 Å². The Morgan fingerprint density at radius 2 is 1.65 bits per heavy atom. The fourth-order valence-electron chi connectivity index (χ4n) is 1.13. The molecular weight excluding hydrogens is 263 g/mol. The zero-order valence-electron chi connectivity index (χ0n) is 9.00. The predicted octanol–water partition coefficient (Wildman–Crippen LogP) is 1.42. The van der Waals surface area contributed by atoms with E-state index in [1.165, 1.54) is 0 Å². The molecule has 1 rings (SSSR count). The first-order chi connectivity index (χ1) is 8.13. The fraction of sp³-hybridized carbons (Fsp3) is 0.273. The minimum absolute atomic E-state index is 0.0782. The van der Waals surface area contributed by atoms with Crippen LogP contribution in [0.15, 0.2) is 24.3 Å². The van der Waals surface area contributed by atoms with E-state index in [1.54, 1.807) is 24.3 Å². The van der Waals surface area contributed by atoms with E-state index >= 15 is 0 Å². The van der Waals surface area contributed by atoms with E-state index < -0.39 is 0 Å². The predicted molar refractivity (Wildman–Crippen MR) is 67.5 cm³/mol. The van der Waals surface area contributed by atoms with Gasteiger partial charge in [-0.05, 0) is 24.3 Å². The van der Waals surface area contributed by atoms with Crippen LogP contribution in [0.1, 0.15) is 10.4 Å². The quantitative estimate of drug-likeness (QED) is 0.630. The maximum atomic E-state index is 11.6. The minimum atomic E-state index is -0.257. The van der Waals surface area contributed by atoms with Crippen molar-refractivity contribution in [3.05, 3.63) is 34.9 Å². The van der Waals surface area contributed by atoms with Gasteiger partial charge in [-0.3, -0.25) is 9.59 Å². The van der Waals surface area contributed by atoms with E-state index in [1.807, 2.05) is 0 Å². The Morgan fingerprint density at radius 1 is 1.06 bits per heavy atom. The Hall–Kier alpha value is -1.26. The summed E-state index contributed by atoms with van der Waals surface area (Å²) in [5.74, 6) is -0.542. The molecule has 2 amide bonds. The van der Waals surface area contributed by atoms with Crippen molar-refractivity contribution in [3.8, 4) is 0 Å². The number of nitrogens with one attached hydrogen (secondary N) is 2. The molecular formula is C11H12Cl2N2O2. The molecule has 0 aliphatic carbocycles. The van der Waals surface area contributed by atoms with Gasteiger partial charge in [-0.15, -0.1) is 11.6 Å². The third-order valence-electron chi connectivity index (χ3n) is 1.96. The van der Waals surface area contributed by atoms with E-state index in [4.69, 9.17) is 23.2 Å². The Bertz CT molecular complexity index is 393. The number of hydrogen-bond donors (Lipinski definition) is 2. The van der Waals surface area contributed by atoms with Gasteiger partial charge in [0.15, 0.2) is 0 Å². The summed E-state index contributed by atoms with van der Waals surface area (Å²) in [5.41, 5.74) is 0.526. The van der Waals surface area contributed by atoms with Gasteiger partial charge in [0, 0.05) is 23.7 Å². The van der Waals surface area contributed by atoms with Crippen molar-refractivity contribution < 1.29 is 9.59 Å². The minimum Gasteiger partial charge on any atom is -0.353 e. The van der Waals surface area contributed by atoms with E-state index in [-0.39, 0.29) is 17.7 Å². The molecule has 0 fully saturated rings. The van der Waals surface area contributed by atoms with Crippen LogP contribution in [-0.2, 0) is 4.79 Å². The Balaban J connectivity index is 2.30.